The van der Waals surface area contributed by atoms with Crippen LogP contribution >= 0.6 is 0 Å². The number of hydrogen-bond donors (Lipinski definition) is 1. The van der Waals surface area contributed by atoms with E-state index in [0.717, 1.165) is 6.07 Å². The number of hydrogen-bond acceptors (Lipinski definition) is 2. The van der Waals surface area contributed by atoms with Gasteiger partial charge in [0.25, 0.3) is 0 Å². The Morgan fingerprint density at radius 2 is 1.76 bits per heavy atom. The molecule has 2 rings (SSSR count). The van der Waals surface area contributed by atoms with E-state index in [0.29, 0.717) is 5.56 Å². The summed E-state index contributed by atoms with van der Waals surface area (Å²) >= 11 is 0. The number of phenolic OH excluding ortho intramolecular Hbond substituents is 1. The number of aromatic hydroxyl groups is 1. The molecule has 2 aromatic carbocycles. The van der Waals surface area contributed by atoms with E-state index in [2.05, 4.69) is 0 Å². The maximum atomic E-state index is 13.6. The molecule has 0 fully saturated rings. The minimum absolute atomic E-state index is 0.0509. The highest BCUT2D eigenvalue weighted by molar-refractivity contribution is 5.66. The van der Waals surface area contributed by atoms with Crippen LogP contribution in [0, 0.1) is 11.6 Å². The molecule has 0 saturated carbocycles. The van der Waals surface area contributed by atoms with E-state index in [1.165, 1.54) is 37.4 Å². The molecule has 0 saturated heterocycles. The third-order valence-corrected chi connectivity index (χ3v) is 2.41. The Labute approximate surface area is 97.1 Å². The van der Waals surface area contributed by atoms with Gasteiger partial charge in [0, 0.05) is 11.6 Å². The van der Waals surface area contributed by atoms with Crippen LogP contribution in [-0.4, -0.2) is 12.2 Å². The van der Waals surface area contributed by atoms with Crippen molar-refractivity contribution in [1.29, 1.82) is 0 Å². The van der Waals surface area contributed by atoms with Crippen molar-refractivity contribution in [3.05, 3.63) is 48.0 Å². The molecule has 0 bridgehead atoms. The topological polar surface area (TPSA) is 29.5 Å². The third kappa shape index (κ3) is 2.20. The average molecular weight is 236 g/mol. The molecule has 0 aromatic heterocycles. The number of methoxy groups -OCH3 is 1. The second-order valence-corrected chi connectivity index (χ2v) is 3.51. The van der Waals surface area contributed by atoms with E-state index in [9.17, 15) is 8.78 Å². The minimum atomic E-state index is -0.571. The summed E-state index contributed by atoms with van der Waals surface area (Å²) in [5.74, 6) is -1.18. The number of rotatable bonds is 2. The molecule has 4 heteroatoms. The van der Waals surface area contributed by atoms with Crippen LogP contribution in [0.5, 0.6) is 11.5 Å². The normalized spacial score (nSPS) is 10.3. The number of ether oxygens (including phenoxy) is 1. The van der Waals surface area contributed by atoms with Crippen molar-refractivity contribution in [3.8, 4) is 22.6 Å². The summed E-state index contributed by atoms with van der Waals surface area (Å²) in [6.07, 6.45) is 0. The quantitative estimate of drug-likeness (QED) is 0.866. The van der Waals surface area contributed by atoms with E-state index >= 15 is 0 Å². The van der Waals surface area contributed by atoms with Crippen molar-refractivity contribution in [2.45, 2.75) is 0 Å². The molecule has 88 valence electrons. The Bertz CT molecular complexity index is 553. The Morgan fingerprint density at radius 1 is 1.00 bits per heavy atom. The molecule has 0 heterocycles. The first-order valence-electron chi connectivity index (χ1n) is 4.94. The summed E-state index contributed by atoms with van der Waals surface area (Å²) in [7, 11) is 1.34. The zero-order valence-electron chi connectivity index (χ0n) is 9.08. The van der Waals surface area contributed by atoms with Gasteiger partial charge in [0.1, 0.15) is 11.6 Å². The van der Waals surface area contributed by atoms with Crippen LogP contribution in [0.1, 0.15) is 0 Å². The summed E-state index contributed by atoms with van der Waals surface area (Å²) < 4.78 is 31.6. The monoisotopic (exact) mass is 236 g/mol. The van der Waals surface area contributed by atoms with E-state index < -0.39 is 11.6 Å². The highest BCUT2D eigenvalue weighted by Crippen LogP contribution is 2.29. The predicted octanol–water partition coefficient (Wildman–Crippen LogP) is 3.35. The van der Waals surface area contributed by atoms with Crippen molar-refractivity contribution < 1.29 is 18.6 Å². The van der Waals surface area contributed by atoms with E-state index in [-0.39, 0.29) is 17.1 Å². The highest BCUT2D eigenvalue weighted by atomic mass is 19.1. The summed E-state index contributed by atoms with van der Waals surface area (Å²) in [6.45, 7) is 0. The lowest BCUT2D eigenvalue weighted by molar-refractivity contribution is 0.387. The molecule has 2 nitrogen and oxygen atoms in total. The smallest absolute Gasteiger partial charge is 0.165 e. The first-order valence-corrected chi connectivity index (χ1v) is 4.94. The van der Waals surface area contributed by atoms with Gasteiger partial charge in [0.2, 0.25) is 0 Å². The molecule has 0 aliphatic carbocycles. The lowest BCUT2D eigenvalue weighted by Crippen LogP contribution is -1.90. The van der Waals surface area contributed by atoms with Gasteiger partial charge in [-0.25, -0.2) is 8.78 Å². The van der Waals surface area contributed by atoms with Gasteiger partial charge in [0.05, 0.1) is 7.11 Å². The van der Waals surface area contributed by atoms with Gasteiger partial charge in [-0.1, -0.05) is 6.07 Å². The van der Waals surface area contributed by atoms with Crippen LogP contribution in [-0.2, 0) is 0 Å². The molecule has 0 amide bonds. The van der Waals surface area contributed by atoms with Crippen LogP contribution in [0.15, 0.2) is 36.4 Å². The minimum Gasteiger partial charge on any atom is -0.508 e. The summed E-state index contributed by atoms with van der Waals surface area (Å²) in [5, 5.41) is 9.10. The lowest BCUT2D eigenvalue weighted by atomic mass is 10.0. The second-order valence-electron chi connectivity index (χ2n) is 3.51. The largest absolute Gasteiger partial charge is 0.508 e. The first-order chi connectivity index (χ1) is 8.11. The molecular formula is C13H10F2O2. The van der Waals surface area contributed by atoms with Crippen molar-refractivity contribution in [2.75, 3.05) is 7.11 Å². The summed E-state index contributed by atoms with van der Waals surface area (Å²) in [4.78, 5) is 0. The van der Waals surface area contributed by atoms with Crippen molar-refractivity contribution in [2.24, 2.45) is 0 Å². The van der Waals surface area contributed by atoms with Crippen LogP contribution < -0.4 is 4.74 Å². The zero-order valence-corrected chi connectivity index (χ0v) is 9.08. The molecule has 0 unspecified atom stereocenters. The molecule has 0 aliphatic rings. The van der Waals surface area contributed by atoms with Crippen molar-refractivity contribution in [1.82, 2.24) is 0 Å². The SMILES string of the molecule is COc1cc(-c2ccc(O)cc2F)ccc1F. The van der Waals surface area contributed by atoms with E-state index in [1.54, 1.807) is 0 Å². The molecule has 0 radical (unpaired) electrons. The number of phenols is 1. The van der Waals surface area contributed by atoms with E-state index in [1.807, 2.05) is 0 Å². The van der Waals surface area contributed by atoms with Crippen LogP contribution in [0.3, 0.4) is 0 Å². The van der Waals surface area contributed by atoms with Gasteiger partial charge in [0.15, 0.2) is 11.6 Å². The Morgan fingerprint density at radius 3 is 2.41 bits per heavy atom. The zero-order chi connectivity index (χ0) is 12.4. The molecule has 2 aromatic rings. The standard InChI is InChI=1S/C13H10F2O2/c1-17-13-6-8(2-5-11(13)14)10-4-3-9(16)7-12(10)15/h2-7,16H,1H3. The highest BCUT2D eigenvalue weighted by Gasteiger charge is 2.09. The van der Waals surface area contributed by atoms with Gasteiger partial charge in [-0.2, -0.15) is 0 Å². The van der Waals surface area contributed by atoms with Gasteiger partial charge < -0.3 is 9.84 Å². The second kappa shape index (κ2) is 4.41. The average Bonchev–Trinajstić information content (AvgIpc) is 2.30. The summed E-state index contributed by atoms with van der Waals surface area (Å²) in [6, 6.07) is 7.87. The van der Waals surface area contributed by atoms with Crippen molar-refractivity contribution in [3.63, 3.8) is 0 Å². The lowest BCUT2D eigenvalue weighted by Gasteiger charge is -2.07. The molecule has 0 spiro atoms. The van der Waals surface area contributed by atoms with Gasteiger partial charge in [-0.15, -0.1) is 0 Å². The maximum Gasteiger partial charge on any atom is 0.165 e. The van der Waals surface area contributed by atoms with Crippen LogP contribution in [0.2, 0.25) is 0 Å². The predicted molar refractivity (Wildman–Crippen MR) is 60.0 cm³/mol. The van der Waals surface area contributed by atoms with Gasteiger partial charge in [-0.05, 0) is 29.8 Å². The summed E-state index contributed by atoms with van der Waals surface area (Å²) in [5.41, 5.74) is 0.766. The van der Waals surface area contributed by atoms with Crippen LogP contribution in [0.25, 0.3) is 11.1 Å². The van der Waals surface area contributed by atoms with E-state index in [4.69, 9.17) is 9.84 Å². The fourth-order valence-electron chi connectivity index (χ4n) is 1.57. The molecule has 17 heavy (non-hydrogen) atoms. The Hall–Kier alpha value is -2.10. The van der Waals surface area contributed by atoms with Gasteiger partial charge in [-0.3, -0.25) is 0 Å². The van der Waals surface area contributed by atoms with Crippen LogP contribution in [0.4, 0.5) is 8.78 Å². The molecule has 0 atom stereocenters. The van der Waals surface area contributed by atoms with Gasteiger partial charge >= 0.3 is 0 Å². The number of halogens is 2. The first kappa shape index (κ1) is 11.4. The fraction of sp³-hybridized carbons (Fsp3) is 0.0769. The Balaban J connectivity index is 2.53. The Kier molecular flexibility index (Phi) is 2.95. The fourth-order valence-corrected chi connectivity index (χ4v) is 1.57. The molecular weight excluding hydrogens is 226 g/mol. The third-order valence-electron chi connectivity index (χ3n) is 2.41. The van der Waals surface area contributed by atoms with Crippen molar-refractivity contribution >= 4 is 0 Å². The molecule has 0 aliphatic heterocycles. The molecule has 1 N–H and O–H groups in total. The number of benzene rings is 2. The maximum absolute atomic E-state index is 13.6.